The molecule has 0 bridgehead atoms. The van der Waals surface area contributed by atoms with Gasteiger partial charge in [0.25, 0.3) is 0 Å². The zero-order valence-electron chi connectivity index (χ0n) is 12.1. The van der Waals surface area contributed by atoms with Gasteiger partial charge in [0.2, 0.25) is 0 Å². The lowest BCUT2D eigenvalue weighted by Crippen LogP contribution is -2.23. The third-order valence-electron chi connectivity index (χ3n) is 4.03. The van der Waals surface area contributed by atoms with Crippen molar-refractivity contribution in [2.75, 3.05) is 0 Å². The molecule has 0 fully saturated rings. The quantitative estimate of drug-likeness (QED) is 0.336. The highest BCUT2D eigenvalue weighted by molar-refractivity contribution is 6.07. The Morgan fingerprint density at radius 2 is 1.33 bits per heavy atom. The molecule has 3 rings (SSSR count). The Labute approximate surface area is 124 Å². The summed E-state index contributed by atoms with van der Waals surface area (Å²) in [7, 11) is 0. The van der Waals surface area contributed by atoms with E-state index < -0.39 is 0 Å². The summed E-state index contributed by atoms with van der Waals surface area (Å²) in [6, 6.07) is 14.8. The maximum atomic E-state index is 5.61. The Balaban J connectivity index is 2.53. The molecule has 0 amide bonds. The first-order valence-corrected chi connectivity index (χ1v) is 7.06. The number of hydrazine groups is 2. The minimum absolute atomic E-state index is 0.636. The highest BCUT2D eigenvalue weighted by Crippen LogP contribution is 2.34. The van der Waals surface area contributed by atoms with Gasteiger partial charge in [-0.1, -0.05) is 42.5 Å². The standard InChI is InChI=1S/C17H20N4/c1-11-5-4-8-14-15(9-20-18)12-6-2-3-7-13(12)16(10-21-19)17(11)14/h2-8,20-21H,9-10,18-19H2,1H3. The largest absolute Gasteiger partial charge is 0.271 e. The molecule has 3 aromatic rings. The van der Waals surface area contributed by atoms with Gasteiger partial charge in [0.1, 0.15) is 0 Å². The summed E-state index contributed by atoms with van der Waals surface area (Å²) in [5.74, 6) is 11.2. The molecule has 0 unspecified atom stereocenters. The lowest BCUT2D eigenvalue weighted by molar-refractivity contribution is 0.744. The van der Waals surface area contributed by atoms with E-state index in [1.807, 2.05) is 0 Å². The van der Waals surface area contributed by atoms with Crippen molar-refractivity contribution in [1.82, 2.24) is 10.9 Å². The van der Waals surface area contributed by atoms with E-state index in [1.54, 1.807) is 0 Å². The molecule has 0 saturated heterocycles. The van der Waals surface area contributed by atoms with Crippen LogP contribution >= 0.6 is 0 Å². The molecule has 6 N–H and O–H groups in total. The summed E-state index contributed by atoms with van der Waals surface area (Å²) in [6.45, 7) is 3.41. The maximum absolute atomic E-state index is 5.61. The summed E-state index contributed by atoms with van der Waals surface area (Å²) in [6.07, 6.45) is 0. The monoisotopic (exact) mass is 280 g/mol. The molecule has 0 radical (unpaired) electrons. The van der Waals surface area contributed by atoms with Crippen LogP contribution in [0.4, 0.5) is 0 Å². The third-order valence-corrected chi connectivity index (χ3v) is 4.03. The molecular formula is C17H20N4. The van der Waals surface area contributed by atoms with Gasteiger partial charge in [-0.05, 0) is 45.2 Å². The second kappa shape index (κ2) is 5.79. The molecule has 21 heavy (non-hydrogen) atoms. The van der Waals surface area contributed by atoms with Crippen LogP contribution in [0.15, 0.2) is 42.5 Å². The SMILES string of the molecule is Cc1cccc2c(CNN)c3ccccc3c(CNN)c12. The number of hydrogen-bond acceptors (Lipinski definition) is 4. The average molecular weight is 280 g/mol. The van der Waals surface area contributed by atoms with E-state index in [-0.39, 0.29) is 0 Å². The molecule has 4 nitrogen and oxygen atoms in total. The van der Waals surface area contributed by atoms with Crippen molar-refractivity contribution in [2.24, 2.45) is 11.7 Å². The Morgan fingerprint density at radius 1 is 0.762 bits per heavy atom. The van der Waals surface area contributed by atoms with Crippen LogP contribution in [0.2, 0.25) is 0 Å². The summed E-state index contributed by atoms with van der Waals surface area (Å²) in [5.41, 5.74) is 9.32. The highest BCUT2D eigenvalue weighted by Gasteiger charge is 2.14. The van der Waals surface area contributed by atoms with Crippen molar-refractivity contribution in [3.8, 4) is 0 Å². The van der Waals surface area contributed by atoms with Crippen LogP contribution in [-0.2, 0) is 13.1 Å². The third kappa shape index (κ3) is 2.28. The summed E-state index contributed by atoms with van der Waals surface area (Å²) in [5, 5.41) is 4.94. The van der Waals surface area contributed by atoms with E-state index in [0.29, 0.717) is 13.1 Å². The van der Waals surface area contributed by atoms with E-state index in [2.05, 4.69) is 60.2 Å². The minimum Gasteiger partial charge on any atom is -0.271 e. The number of benzene rings is 3. The number of aryl methyl sites for hydroxylation is 1. The zero-order valence-corrected chi connectivity index (χ0v) is 12.1. The molecule has 0 aromatic heterocycles. The van der Waals surface area contributed by atoms with Crippen LogP contribution in [0.5, 0.6) is 0 Å². The van der Waals surface area contributed by atoms with Gasteiger partial charge in [0.15, 0.2) is 0 Å². The highest BCUT2D eigenvalue weighted by atomic mass is 15.2. The average Bonchev–Trinajstić information content (AvgIpc) is 2.51. The van der Waals surface area contributed by atoms with Crippen molar-refractivity contribution in [3.05, 3.63) is 59.2 Å². The molecular weight excluding hydrogens is 260 g/mol. The van der Waals surface area contributed by atoms with Gasteiger partial charge >= 0.3 is 0 Å². The van der Waals surface area contributed by atoms with Crippen molar-refractivity contribution in [3.63, 3.8) is 0 Å². The summed E-state index contributed by atoms with van der Waals surface area (Å²) in [4.78, 5) is 0. The predicted octanol–water partition coefficient (Wildman–Crippen LogP) is 2.23. The number of hydrogen-bond donors (Lipinski definition) is 4. The van der Waals surface area contributed by atoms with Crippen molar-refractivity contribution < 1.29 is 0 Å². The molecule has 4 heteroatoms. The topological polar surface area (TPSA) is 76.1 Å². The smallest absolute Gasteiger partial charge is 0.0361 e. The predicted molar refractivity (Wildman–Crippen MR) is 88.2 cm³/mol. The lowest BCUT2D eigenvalue weighted by Gasteiger charge is -2.18. The molecule has 108 valence electrons. The molecule has 0 aliphatic carbocycles. The Morgan fingerprint density at radius 3 is 2.00 bits per heavy atom. The fraction of sp³-hybridized carbons (Fsp3) is 0.176. The first-order chi connectivity index (χ1) is 10.3. The van der Waals surface area contributed by atoms with E-state index in [4.69, 9.17) is 11.7 Å². The first kappa shape index (κ1) is 14.0. The number of rotatable bonds is 4. The Kier molecular flexibility index (Phi) is 3.86. The number of nitrogens with two attached hydrogens (primary N) is 2. The van der Waals surface area contributed by atoms with Gasteiger partial charge in [-0.25, -0.2) is 0 Å². The van der Waals surface area contributed by atoms with Gasteiger partial charge in [-0.3, -0.25) is 22.5 Å². The molecule has 0 atom stereocenters. The molecule has 0 spiro atoms. The van der Waals surface area contributed by atoms with E-state index >= 15 is 0 Å². The van der Waals surface area contributed by atoms with Crippen molar-refractivity contribution >= 4 is 21.5 Å². The van der Waals surface area contributed by atoms with Crippen LogP contribution in [0.1, 0.15) is 16.7 Å². The zero-order chi connectivity index (χ0) is 14.8. The fourth-order valence-electron chi connectivity index (χ4n) is 3.19. The first-order valence-electron chi connectivity index (χ1n) is 7.06. The van der Waals surface area contributed by atoms with E-state index in [0.717, 1.165) is 0 Å². The molecule has 0 aliphatic heterocycles. The maximum Gasteiger partial charge on any atom is 0.0361 e. The van der Waals surface area contributed by atoms with Gasteiger partial charge in [-0.15, -0.1) is 0 Å². The van der Waals surface area contributed by atoms with Crippen LogP contribution < -0.4 is 22.5 Å². The van der Waals surface area contributed by atoms with Crippen LogP contribution in [0.3, 0.4) is 0 Å². The number of nitrogens with one attached hydrogen (secondary N) is 2. The Bertz CT molecular complexity index is 795. The van der Waals surface area contributed by atoms with Gasteiger partial charge < -0.3 is 0 Å². The fourth-order valence-corrected chi connectivity index (χ4v) is 3.19. The van der Waals surface area contributed by atoms with Crippen LogP contribution in [-0.4, -0.2) is 0 Å². The summed E-state index contributed by atoms with van der Waals surface area (Å²) < 4.78 is 0. The van der Waals surface area contributed by atoms with Crippen molar-refractivity contribution in [1.29, 1.82) is 0 Å². The minimum atomic E-state index is 0.636. The molecule has 0 saturated carbocycles. The van der Waals surface area contributed by atoms with Crippen LogP contribution in [0, 0.1) is 6.92 Å². The Hall–Kier alpha value is -1.98. The lowest BCUT2D eigenvalue weighted by atomic mass is 9.89. The van der Waals surface area contributed by atoms with Gasteiger partial charge in [0, 0.05) is 13.1 Å². The molecule has 0 aliphatic rings. The van der Waals surface area contributed by atoms with Gasteiger partial charge in [-0.2, -0.15) is 0 Å². The number of fused-ring (bicyclic) bond motifs is 2. The molecule has 0 heterocycles. The van der Waals surface area contributed by atoms with E-state index in [9.17, 15) is 0 Å². The van der Waals surface area contributed by atoms with Crippen molar-refractivity contribution in [2.45, 2.75) is 20.0 Å². The van der Waals surface area contributed by atoms with Gasteiger partial charge in [0.05, 0.1) is 0 Å². The van der Waals surface area contributed by atoms with E-state index in [1.165, 1.54) is 38.2 Å². The normalized spacial score (nSPS) is 11.4. The molecule has 3 aromatic carbocycles. The summed E-state index contributed by atoms with van der Waals surface area (Å²) >= 11 is 0. The second-order valence-corrected chi connectivity index (χ2v) is 5.26. The van der Waals surface area contributed by atoms with Crippen LogP contribution in [0.25, 0.3) is 21.5 Å². The second-order valence-electron chi connectivity index (χ2n) is 5.26.